The Bertz CT molecular complexity index is 875. The van der Waals surface area contributed by atoms with Crippen LogP contribution in [0.4, 0.5) is 0 Å². The van der Waals surface area contributed by atoms with Gasteiger partial charge < -0.3 is 4.90 Å². The van der Waals surface area contributed by atoms with Crippen molar-refractivity contribution in [2.45, 2.75) is 22.0 Å². The lowest BCUT2D eigenvalue weighted by atomic mass is 10.1. The molecule has 1 amide bonds. The fourth-order valence-electron chi connectivity index (χ4n) is 2.71. The Morgan fingerprint density at radius 3 is 2.44 bits per heavy atom. The number of halogens is 1. The standard InChI is InChI=1S/C18H18ClNO3S2/c1-2-24-17-6-4-3-5-16(17)18(21)20-11-15(12-20)25(22,23)14-9-7-13(19)8-10-14/h3-10,15H,2,11-12H2,1H3. The molecule has 0 unspecified atom stereocenters. The van der Waals surface area contributed by atoms with Crippen LogP contribution in [0.2, 0.25) is 5.02 Å². The molecule has 7 heteroatoms. The summed E-state index contributed by atoms with van der Waals surface area (Å²) in [6.07, 6.45) is 0. The number of rotatable bonds is 5. The van der Waals surface area contributed by atoms with Gasteiger partial charge in [0, 0.05) is 23.0 Å². The molecule has 0 atom stereocenters. The van der Waals surface area contributed by atoms with Crippen LogP contribution in [0.25, 0.3) is 0 Å². The van der Waals surface area contributed by atoms with E-state index in [1.54, 1.807) is 34.9 Å². The van der Waals surface area contributed by atoms with E-state index in [2.05, 4.69) is 0 Å². The van der Waals surface area contributed by atoms with Crippen molar-refractivity contribution in [3.63, 3.8) is 0 Å². The summed E-state index contributed by atoms with van der Waals surface area (Å²) in [6, 6.07) is 13.6. The first-order valence-corrected chi connectivity index (χ1v) is 10.8. The average molecular weight is 396 g/mol. The molecular formula is C18H18ClNO3S2. The van der Waals surface area contributed by atoms with Crippen molar-refractivity contribution >= 4 is 39.1 Å². The Balaban J connectivity index is 1.72. The van der Waals surface area contributed by atoms with Gasteiger partial charge in [-0.3, -0.25) is 4.79 Å². The predicted octanol–water partition coefficient (Wildman–Crippen LogP) is 3.75. The molecule has 0 aromatic heterocycles. The fraction of sp³-hybridized carbons (Fsp3) is 0.278. The molecule has 2 aromatic rings. The number of amides is 1. The third kappa shape index (κ3) is 3.71. The van der Waals surface area contributed by atoms with Crippen molar-refractivity contribution in [3.05, 3.63) is 59.1 Å². The van der Waals surface area contributed by atoms with Crippen molar-refractivity contribution in [3.8, 4) is 0 Å². The van der Waals surface area contributed by atoms with E-state index in [0.717, 1.165) is 10.6 Å². The van der Waals surface area contributed by atoms with Gasteiger partial charge in [0.25, 0.3) is 5.91 Å². The predicted molar refractivity (Wildman–Crippen MR) is 101 cm³/mol. The van der Waals surface area contributed by atoms with Gasteiger partial charge in [0.15, 0.2) is 9.84 Å². The molecule has 0 saturated carbocycles. The van der Waals surface area contributed by atoms with E-state index >= 15 is 0 Å². The minimum Gasteiger partial charge on any atom is -0.336 e. The molecule has 2 aromatic carbocycles. The van der Waals surface area contributed by atoms with Crippen LogP contribution in [0.1, 0.15) is 17.3 Å². The Morgan fingerprint density at radius 2 is 1.80 bits per heavy atom. The van der Waals surface area contributed by atoms with E-state index in [4.69, 9.17) is 11.6 Å². The van der Waals surface area contributed by atoms with Crippen LogP contribution in [-0.4, -0.2) is 43.3 Å². The topological polar surface area (TPSA) is 54.5 Å². The molecule has 25 heavy (non-hydrogen) atoms. The molecule has 1 aliphatic heterocycles. The summed E-state index contributed by atoms with van der Waals surface area (Å²) in [4.78, 5) is 15.4. The third-order valence-corrected chi connectivity index (χ3v) is 7.45. The maximum atomic E-state index is 12.7. The molecule has 1 saturated heterocycles. The largest absolute Gasteiger partial charge is 0.336 e. The zero-order valence-corrected chi connectivity index (χ0v) is 16.1. The van der Waals surface area contributed by atoms with E-state index in [9.17, 15) is 13.2 Å². The number of carbonyl (C=O) groups excluding carboxylic acids is 1. The molecule has 0 radical (unpaired) electrons. The number of likely N-dealkylation sites (tertiary alicyclic amines) is 1. The highest BCUT2D eigenvalue weighted by atomic mass is 35.5. The second kappa shape index (κ2) is 7.40. The second-order valence-electron chi connectivity index (χ2n) is 5.76. The summed E-state index contributed by atoms with van der Waals surface area (Å²) >= 11 is 7.42. The van der Waals surface area contributed by atoms with Gasteiger partial charge in [-0.25, -0.2) is 8.42 Å². The van der Waals surface area contributed by atoms with E-state index in [-0.39, 0.29) is 23.9 Å². The number of hydrogen-bond acceptors (Lipinski definition) is 4. The highest BCUT2D eigenvalue weighted by Gasteiger charge is 2.41. The molecule has 1 heterocycles. The monoisotopic (exact) mass is 395 g/mol. The number of thioether (sulfide) groups is 1. The van der Waals surface area contributed by atoms with E-state index < -0.39 is 15.1 Å². The van der Waals surface area contributed by atoms with Gasteiger partial charge >= 0.3 is 0 Å². The molecular weight excluding hydrogens is 378 g/mol. The summed E-state index contributed by atoms with van der Waals surface area (Å²) in [7, 11) is -3.45. The minimum atomic E-state index is -3.45. The summed E-state index contributed by atoms with van der Waals surface area (Å²) in [6.45, 7) is 2.47. The van der Waals surface area contributed by atoms with Crippen molar-refractivity contribution in [2.75, 3.05) is 18.8 Å². The van der Waals surface area contributed by atoms with Crippen LogP contribution in [0.3, 0.4) is 0 Å². The molecule has 1 aliphatic rings. The molecule has 132 valence electrons. The lowest BCUT2D eigenvalue weighted by Gasteiger charge is -2.39. The van der Waals surface area contributed by atoms with Crippen LogP contribution in [-0.2, 0) is 9.84 Å². The summed E-state index contributed by atoms with van der Waals surface area (Å²) in [5.41, 5.74) is 0.636. The van der Waals surface area contributed by atoms with Crippen molar-refractivity contribution in [1.82, 2.24) is 4.90 Å². The van der Waals surface area contributed by atoms with Crippen LogP contribution in [0.15, 0.2) is 58.3 Å². The van der Waals surface area contributed by atoms with Crippen LogP contribution < -0.4 is 0 Å². The lowest BCUT2D eigenvalue weighted by molar-refractivity contribution is 0.0655. The van der Waals surface area contributed by atoms with Gasteiger partial charge in [0.05, 0.1) is 10.5 Å². The van der Waals surface area contributed by atoms with Crippen LogP contribution in [0.5, 0.6) is 0 Å². The van der Waals surface area contributed by atoms with E-state index in [1.807, 2.05) is 25.1 Å². The van der Waals surface area contributed by atoms with Crippen LogP contribution in [0, 0.1) is 0 Å². The summed E-state index contributed by atoms with van der Waals surface area (Å²) in [5, 5.41) is -0.0713. The van der Waals surface area contributed by atoms with E-state index in [1.165, 1.54) is 12.1 Å². The quantitative estimate of drug-likeness (QED) is 0.723. The Hall–Kier alpha value is -1.50. The molecule has 1 fully saturated rings. The zero-order chi connectivity index (χ0) is 18.0. The van der Waals surface area contributed by atoms with Crippen LogP contribution >= 0.6 is 23.4 Å². The number of nitrogens with zero attached hydrogens (tertiary/aromatic N) is 1. The number of benzene rings is 2. The van der Waals surface area contributed by atoms with E-state index in [0.29, 0.717) is 10.6 Å². The molecule has 4 nitrogen and oxygen atoms in total. The summed E-state index contributed by atoms with van der Waals surface area (Å²) in [5.74, 6) is 0.761. The van der Waals surface area contributed by atoms with Gasteiger partial charge in [0.2, 0.25) is 0 Å². The third-order valence-electron chi connectivity index (χ3n) is 4.13. The first-order valence-electron chi connectivity index (χ1n) is 7.94. The maximum Gasteiger partial charge on any atom is 0.255 e. The minimum absolute atomic E-state index is 0.112. The van der Waals surface area contributed by atoms with Crippen molar-refractivity contribution in [2.24, 2.45) is 0 Å². The molecule has 0 spiro atoms. The second-order valence-corrected chi connectivity index (χ2v) is 9.73. The van der Waals surface area contributed by atoms with Crippen molar-refractivity contribution < 1.29 is 13.2 Å². The number of carbonyl (C=O) groups is 1. The Labute approximate surface area is 157 Å². The normalized spacial score (nSPS) is 15.0. The molecule has 0 bridgehead atoms. The molecule has 0 N–H and O–H groups in total. The van der Waals surface area contributed by atoms with Gasteiger partial charge in [-0.05, 0) is 42.2 Å². The Kier molecular flexibility index (Phi) is 5.41. The number of hydrogen-bond donors (Lipinski definition) is 0. The first-order chi connectivity index (χ1) is 11.9. The highest BCUT2D eigenvalue weighted by molar-refractivity contribution is 7.99. The zero-order valence-electron chi connectivity index (χ0n) is 13.7. The lowest BCUT2D eigenvalue weighted by Crippen LogP contribution is -2.56. The van der Waals surface area contributed by atoms with Gasteiger partial charge in [-0.2, -0.15) is 0 Å². The van der Waals surface area contributed by atoms with Crippen molar-refractivity contribution in [1.29, 1.82) is 0 Å². The SMILES string of the molecule is CCSc1ccccc1C(=O)N1CC(S(=O)(=O)c2ccc(Cl)cc2)C1. The van der Waals surface area contributed by atoms with Gasteiger partial charge in [-0.15, -0.1) is 11.8 Å². The number of sulfone groups is 1. The highest BCUT2D eigenvalue weighted by Crippen LogP contribution is 2.29. The fourth-order valence-corrected chi connectivity index (χ4v) is 5.29. The van der Waals surface area contributed by atoms with Gasteiger partial charge in [-0.1, -0.05) is 30.7 Å². The smallest absolute Gasteiger partial charge is 0.255 e. The first kappa shape index (κ1) is 18.3. The van der Waals surface area contributed by atoms with Gasteiger partial charge in [0.1, 0.15) is 5.25 Å². The molecule has 3 rings (SSSR count). The average Bonchev–Trinajstić information content (AvgIpc) is 2.54. The Morgan fingerprint density at radius 1 is 1.16 bits per heavy atom. The summed E-state index contributed by atoms with van der Waals surface area (Å²) < 4.78 is 25.2. The molecule has 0 aliphatic carbocycles. The maximum absolute atomic E-state index is 12.7.